The fourth-order valence-electron chi connectivity index (χ4n) is 2.45. The summed E-state index contributed by atoms with van der Waals surface area (Å²) in [4.78, 5) is 0. The summed E-state index contributed by atoms with van der Waals surface area (Å²) < 4.78 is 11.3. The van der Waals surface area contributed by atoms with Crippen LogP contribution in [0, 0.1) is 5.92 Å². The van der Waals surface area contributed by atoms with Gasteiger partial charge in [0.15, 0.2) is 0 Å². The number of hydrogen-bond acceptors (Lipinski definition) is 3. The highest BCUT2D eigenvalue weighted by molar-refractivity contribution is 4.81. The lowest BCUT2D eigenvalue weighted by Crippen LogP contribution is -2.40. The minimum Gasteiger partial charge on any atom is -0.381 e. The van der Waals surface area contributed by atoms with Gasteiger partial charge in [-0.25, -0.2) is 0 Å². The zero-order chi connectivity index (χ0) is 9.97. The molecule has 3 nitrogen and oxygen atoms in total. The fourth-order valence-corrected chi connectivity index (χ4v) is 2.45. The first-order valence-corrected chi connectivity index (χ1v) is 5.74. The maximum atomic E-state index is 6.06. The molecule has 2 fully saturated rings. The number of hydrogen-bond donors (Lipinski definition) is 1. The Balaban J connectivity index is 1.78. The van der Waals surface area contributed by atoms with Crippen molar-refractivity contribution < 1.29 is 9.47 Å². The minimum atomic E-state index is 0.322. The van der Waals surface area contributed by atoms with Crippen LogP contribution in [-0.4, -0.2) is 31.5 Å². The maximum Gasteiger partial charge on any atom is 0.0583 e. The third-order valence-electron chi connectivity index (χ3n) is 3.42. The Morgan fingerprint density at radius 2 is 2.14 bits per heavy atom. The summed E-state index contributed by atoms with van der Waals surface area (Å²) in [7, 11) is 0. The first-order chi connectivity index (χ1) is 6.75. The molecule has 0 aromatic heterocycles. The Morgan fingerprint density at radius 1 is 1.29 bits per heavy atom. The van der Waals surface area contributed by atoms with E-state index in [1.54, 1.807) is 0 Å². The van der Waals surface area contributed by atoms with Gasteiger partial charge in [-0.2, -0.15) is 0 Å². The van der Waals surface area contributed by atoms with Gasteiger partial charge >= 0.3 is 0 Å². The smallest absolute Gasteiger partial charge is 0.0583 e. The van der Waals surface area contributed by atoms with Crippen LogP contribution in [0.2, 0.25) is 0 Å². The van der Waals surface area contributed by atoms with Gasteiger partial charge in [0.05, 0.1) is 18.8 Å². The van der Waals surface area contributed by atoms with Crippen LogP contribution in [0.25, 0.3) is 0 Å². The minimum absolute atomic E-state index is 0.322. The third-order valence-corrected chi connectivity index (χ3v) is 3.42. The Hall–Kier alpha value is -0.120. The molecule has 0 saturated carbocycles. The van der Waals surface area contributed by atoms with Crippen LogP contribution in [0.4, 0.5) is 0 Å². The standard InChI is InChI=1S/C11H21NO2/c1-8-2-3-10(14-8)6-9-7-13-5-4-11(9)12/h8-11H,2-7,12H2,1H3. The van der Waals surface area contributed by atoms with Crippen LogP contribution in [0.1, 0.15) is 32.6 Å². The first-order valence-electron chi connectivity index (χ1n) is 5.74. The van der Waals surface area contributed by atoms with Gasteiger partial charge in [0.1, 0.15) is 0 Å². The zero-order valence-electron chi connectivity index (χ0n) is 8.95. The summed E-state index contributed by atoms with van der Waals surface area (Å²) >= 11 is 0. The van der Waals surface area contributed by atoms with Crippen molar-refractivity contribution in [1.82, 2.24) is 0 Å². The van der Waals surface area contributed by atoms with Gasteiger partial charge in [-0.3, -0.25) is 0 Å². The van der Waals surface area contributed by atoms with Crippen molar-refractivity contribution in [2.24, 2.45) is 11.7 Å². The molecule has 4 unspecified atom stereocenters. The molecule has 2 aliphatic heterocycles. The summed E-state index contributed by atoms with van der Waals surface area (Å²) in [6.45, 7) is 3.81. The summed E-state index contributed by atoms with van der Waals surface area (Å²) in [5, 5.41) is 0. The molecule has 0 bridgehead atoms. The molecule has 0 amide bonds. The maximum absolute atomic E-state index is 6.06. The van der Waals surface area contributed by atoms with E-state index in [1.165, 1.54) is 12.8 Å². The molecule has 2 saturated heterocycles. The average molecular weight is 199 g/mol. The van der Waals surface area contributed by atoms with Crippen molar-refractivity contribution >= 4 is 0 Å². The average Bonchev–Trinajstić information content (AvgIpc) is 2.56. The molecule has 82 valence electrons. The van der Waals surface area contributed by atoms with Crippen molar-refractivity contribution in [3.05, 3.63) is 0 Å². The van der Waals surface area contributed by atoms with Gasteiger partial charge in [0.2, 0.25) is 0 Å². The molecule has 0 aromatic rings. The van der Waals surface area contributed by atoms with E-state index in [4.69, 9.17) is 15.2 Å². The Morgan fingerprint density at radius 3 is 2.79 bits per heavy atom. The second-order valence-electron chi connectivity index (χ2n) is 4.67. The molecule has 4 atom stereocenters. The molecule has 3 heteroatoms. The highest BCUT2D eigenvalue weighted by Crippen LogP contribution is 2.27. The van der Waals surface area contributed by atoms with Crippen molar-refractivity contribution in [1.29, 1.82) is 0 Å². The van der Waals surface area contributed by atoms with E-state index in [2.05, 4.69) is 6.92 Å². The molecule has 0 aromatic carbocycles. The predicted molar refractivity (Wildman–Crippen MR) is 55.1 cm³/mol. The SMILES string of the molecule is CC1CCC(CC2COCCC2N)O1. The molecule has 2 heterocycles. The van der Waals surface area contributed by atoms with E-state index in [-0.39, 0.29) is 0 Å². The van der Waals surface area contributed by atoms with Gasteiger partial charge in [-0.05, 0) is 38.5 Å². The van der Waals surface area contributed by atoms with E-state index >= 15 is 0 Å². The van der Waals surface area contributed by atoms with E-state index in [0.29, 0.717) is 24.2 Å². The van der Waals surface area contributed by atoms with Crippen molar-refractivity contribution in [3.8, 4) is 0 Å². The summed E-state index contributed by atoms with van der Waals surface area (Å²) in [6.07, 6.45) is 5.37. The Bertz CT molecular complexity index is 186. The van der Waals surface area contributed by atoms with Crippen molar-refractivity contribution in [2.75, 3.05) is 13.2 Å². The van der Waals surface area contributed by atoms with Crippen LogP contribution in [0.3, 0.4) is 0 Å². The summed E-state index contributed by atoms with van der Waals surface area (Å²) in [5.74, 6) is 0.513. The quantitative estimate of drug-likeness (QED) is 0.729. The molecule has 2 aliphatic rings. The predicted octanol–water partition coefficient (Wildman–Crippen LogP) is 1.31. The lowest BCUT2D eigenvalue weighted by molar-refractivity contribution is -0.00427. The molecule has 0 aliphatic carbocycles. The lowest BCUT2D eigenvalue weighted by Gasteiger charge is -2.30. The van der Waals surface area contributed by atoms with Gasteiger partial charge in [0.25, 0.3) is 0 Å². The molecule has 0 radical (unpaired) electrons. The molecule has 0 spiro atoms. The van der Waals surface area contributed by atoms with E-state index in [1.807, 2.05) is 0 Å². The normalized spacial score (nSPS) is 44.1. The molecule has 2 rings (SSSR count). The molecular weight excluding hydrogens is 178 g/mol. The first kappa shape index (κ1) is 10.4. The second kappa shape index (κ2) is 4.60. The van der Waals surface area contributed by atoms with Gasteiger partial charge < -0.3 is 15.2 Å². The van der Waals surface area contributed by atoms with Crippen LogP contribution in [0.15, 0.2) is 0 Å². The van der Waals surface area contributed by atoms with Crippen LogP contribution in [-0.2, 0) is 9.47 Å². The van der Waals surface area contributed by atoms with Crippen molar-refractivity contribution in [3.63, 3.8) is 0 Å². The summed E-state index contributed by atoms with van der Waals surface area (Å²) in [6, 6.07) is 0.322. The van der Waals surface area contributed by atoms with E-state index in [9.17, 15) is 0 Å². The highest BCUT2D eigenvalue weighted by Gasteiger charge is 2.29. The topological polar surface area (TPSA) is 44.5 Å². The number of nitrogens with two attached hydrogens (primary N) is 1. The number of ether oxygens (including phenoxy) is 2. The van der Waals surface area contributed by atoms with E-state index < -0.39 is 0 Å². The second-order valence-corrected chi connectivity index (χ2v) is 4.67. The fraction of sp³-hybridized carbons (Fsp3) is 1.00. The van der Waals surface area contributed by atoms with Crippen LogP contribution >= 0.6 is 0 Å². The zero-order valence-corrected chi connectivity index (χ0v) is 8.95. The van der Waals surface area contributed by atoms with Gasteiger partial charge in [-0.1, -0.05) is 0 Å². The lowest BCUT2D eigenvalue weighted by atomic mass is 9.90. The molecule has 14 heavy (non-hydrogen) atoms. The third kappa shape index (κ3) is 2.47. The summed E-state index contributed by atoms with van der Waals surface area (Å²) in [5.41, 5.74) is 6.06. The largest absolute Gasteiger partial charge is 0.381 e. The van der Waals surface area contributed by atoms with Gasteiger partial charge in [0, 0.05) is 12.6 Å². The Kier molecular flexibility index (Phi) is 3.42. The highest BCUT2D eigenvalue weighted by atomic mass is 16.5. The molecular formula is C11H21NO2. The molecule has 2 N–H and O–H groups in total. The van der Waals surface area contributed by atoms with Crippen LogP contribution < -0.4 is 5.73 Å². The van der Waals surface area contributed by atoms with E-state index in [0.717, 1.165) is 26.1 Å². The van der Waals surface area contributed by atoms with Crippen molar-refractivity contribution in [2.45, 2.75) is 50.9 Å². The number of rotatable bonds is 2. The van der Waals surface area contributed by atoms with Crippen LogP contribution in [0.5, 0.6) is 0 Å². The monoisotopic (exact) mass is 199 g/mol. The Labute approximate surface area is 85.9 Å². The van der Waals surface area contributed by atoms with Gasteiger partial charge in [-0.15, -0.1) is 0 Å².